The molecule has 38 heavy (non-hydrogen) atoms. The number of ether oxygens (including phenoxy) is 1. The Bertz CT molecular complexity index is 1570. The van der Waals surface area contributed by atoms with Crippen LogP contribution in [0.15, 0.2) is 36.8 Å². The molecule has 5 rings (SSSR count). The van der Waals surface area contributed by atoms with Gasteiger partial charge >= 0.3 is 23.5 Å². The molecule has 1 aromatic carbocycles. The topological polar surface area (TPSA) is 229 Å². The van der Waals surface area contributed by atoms with Crippen LogP contribution in [0.25, 0.3) is 22.2 Å². The van der Waals surface area contributed by atoms with Crippen LogP contribution in [0.2, 0.25) is 0 Å². The molecule has 1 saturated heterocycles. The van der Waals surface area contributed by atoms with Crippen molar-refractivity contribution in [3.63, 3.8) is 0 Å². The third-order valence-corrected chi connectivity index (χ3v) is 9.77. The summed E-state index contributed by atoms with van der Waals surface area (Å²) in [6, 6.07) is 7.05. The molecule has 4 heterocycles. The van der Waals surface area contributed by atoms with E-state index in [1.165, 1.54) is 6.33 Å². The van der Waals surface area contributed by atoms with Crippen molar-refractivity contribution in [2.24, 2.45) is 5.92 Å². The van der Waals surface area contributed by atoms with E-state index >= 15 is 0 Å². The smallest absolute Gasteiger partial charge is 0.352 e. The lowest BCUT2D eigenvalue weighted by Gasteiger charge is -2.20. The Labute approximate surface area is 214 Å². The Hall–Kier alpha value is -2.32. The van der Waals surface area contributed by atoms with E-state index in [9.17, 15) is 28.3 Å². The van der Waals surface area contributed by atoms with E-state index in [4.69, 9.17) is 19.0 Å². The molecule has 5 atom stereocenters. The number of rotatable bonds is 8. The SMILES string of the molecule is CC1C[C@H](n2cc3c4c(ncnc42)NC(=O)c2ccccc2-3)O[C@@H]1COP(=O)(O)OP(=O)(O)OP(=O)(O)O. The normalized spacial score (nSPS) is 24.3. The van der Waals surface area contributed by atoms with E-state index < -0.39 is 42.4 Å². The summed E-state index contributed by atoms with van der Waals surface area (Å²) in [5.74, 6) is -0.213. The zero-order valence-corrected chi connectivity index (χ0v) is 22.0. The number of carbonyl (C=O) groups excluding carboxylic acids is 1. The third kappa shape index (κ3) is 5.53. The van der Waals surface area contributed by atoms with Crippen molar-refractivity contribution in [3.8, 4) is 11.1 Å². The van der Waals surface area contributed by atoms with Crippen molar-refractivity contribution in [1.82, 2.24) is 14.5 Å². The van der Waals surface area contributed by atoms with Crippen LogP contribution in [0.4, 0.5) is 5.82 Å². The molecular formula is C19H21N4O12P3. The van der Waals surface area contributed by atoms with Crippen molar-refractivity contribution < 1.29 is 55.9 Å². The molecule has 0 radical (unpaired) electrons. The second-order valence-electron chi connectivity index (χ2n) is 8.60. The van der Waals surface area contributed by atoms with Gasteiger partial charge in [0.15, 0.2) is 0 Å². The first kappa shape index (κ1) is 27.3. The molecule has 5 N–H and O–H groups in total. The summed E-state index contributed by atoms with van der Waals surface area (Å²) < 4.78 is 54.4. The van der Waals surface area contributed by atoms with Crippen molar-refractivity contribution in [3.05, 3.63) is 42.4 Å². The zero-order valence-electron chi connectivity index (χ0n) is 19.3. The number of hydrogen-bond donors (Lipinski definition) is 5. The molecule has 0 bridgehead atoms. The molecule has 0 saturated carbocycles. The van der Waals surface area contributed by atoms with Gasteiger partial charge in [0.25, 0.3) is 5.91 Å². The molecular weight excluding hydrogens is 569 g/mol. The molecule has 1 fully saturated rings. The molecule has 2 aliphatic rings. The Morgan fingerprint density at radius 3 is 2.47 bits per heavy atom. The standard InChI is InChI=1S/C19H21N4O12P3/c1-10-6-15(33-14(10)8-32-37(28,29)35-38(30,31)34-36(25,26)27)23-7-13-11-4-2-3-5-12(11)19(24)22-17-16(13)18(23)21-9-20-17/h2-5,7,9-10,14-15H,6,8H2,1H3,(H,28,29)(H,30,31)(H2,25,26,27)(H,20,21,22,24)/t10?,14-,15-/m1/s1. The summed E-state index contributed by atoms with van der Waals surface area (Å²) in [7, 11) is -16.4. The number of phosphoric acid groups is 3. The van der Waals surface area contributed by atoms with Gasteiger partial charge in [0, 0.05) is 17.3 Å². The fourth-order valence-corrected chi connectivity index (χ4v) is 7.44. The van der Waals surface area contributed by atoms with Crippen LogP contribution in [0.1, 0.15) is 29.9 Å². The quantitative estimate of drug-likeness (QED) is 0.238. The number of anilines is 1. The Balaban J connectivity index is 1.37. The summed E-state index contributed by atoms with van der Waals surface area (Å²) in [5, 5.41) is 3.40. The first-order valence-electron chi connectivity index (χ1n) is 10.9. The van der Waals surface area contributed by atoms with Crippen LogP contribution in [-0.2, 0) is 31.6 Å². The van der Waals surface area contributed by atoms with Crippen molar-refractivity contribution in [2.75, 3.05) is 11.9 Å². The molecule has 1 amide bonds. The number of hydrogen-bond acceptors (Lipinski definition) is 10. The second kappa shape index (κ2) is 9.70. The highest BCUT2D eigenvalue weighted by Gasteiger charge is 2.42. The predicted octanol–water partition coefficient (Wildman–Crippen LogP) is 2.93. The first-order valence-corrected chi connectivity index (χ1v) is 15.5. The molecule has 19 heteroatoms. The van der Waals surface area contributed by atoms with Crippen molar-refractivity contribution in [1.29, 1.82) is 0 Å². The van der Waals surface area contributed by atoms with Crippen molar-refractivity contribution >= 4 is 46.2 Å². The Morgan fingerprint density at radius 2 is 1.76 bits per heavy atom. The number of phosphoric ester groups is 1. The van der Waals surface area contributed by atoms with Crippen LogP contribution in [0.3, 0.4) is 0 Å². The van der Waals surface area contributed by atoms with E-state index in [0.29, 0.717) is 40.0 Å². The van der Waals surface area contributed by atoms with Crippen LogP contribution in [0.5, 0.6) is 0 Å². The molecule has 204 valence electrons. The van der Waals surface area contributed by atoms with Gasteiger partial charge in [-0.2, -0.15) is 8.62 Å². The largest absolute Gasteiger partial charge is 0.490 e. The number of nitrogens with zero attached hydrogens (tertiary/aromatic N) is 3. The lowest BCUT2D eigenvalue weighted by Crippen LogP contribution is -2.20. The maximum absolute atomic E-state index is 12.7. The monoisotopic (exact) mass is 590 g/mol. The summed E-state index contributed by atoms with van der Waals surface area (Å²) >= 11 is 0. The first-order chi connectivity index (χ1) is 17.7. The van der Waals surface area contributed by atoms with E-state index in [1.807, 2.05) is 0 Å². The number of aromatic nitrogens is 3. The number of nitrogens with one attached hydrogen (secondary N) is 1. The molecule has 3 aromatic rings. The summed E-state index contributed by atoms with van der Waals surface area (Å²) in [6.07, 6.45) is 2.11. The molecule has 2 aromatic heterocycles. The summed E-state index contributed by atoms with van der Waals surface area (Å²) in [4.78, 5) is 57.6. The minimum absolute atomic E-state index is 0.241. The highest BCUT2D eigenvalue weighted by molar-refractivity contribution is 7.66. The number of benzene rings is 1. The van der Waals surface area contributed by atoms with Gasteiger partial charge in [-0.25, -0.2) is 23.7 Å². The van der Waals surface area contributed by atoms with Gasteiger partial charge < -0.3 is 34.2 Å². The van der Waals surface area contributed by atoms with Gasteiger partial charge in [-0.15, -0.1) is 0 Å². The minimum atomic E-state index is -5.62. The van der Waals surface area contributed by atoms with E-state index in [-0.39, 0.29) is 11.8 Å². The Kier molecular flexibility index (Phi) is 6.96. The van der Waals surface area contributed by atoms with Crippen molar-refractivity contribution in [2.45, 2.75) is 25.7 Å². The molecule has 3 unspecified atom stereocenters. The van der Waals surface area contributed by atoms with Crippen LogP contribution in [-0.4, -0.2) is 52.7 Å². The summed E-state index contributed by atoms with van der Waals surface area (Å²) in [5.41, 5.74) is 2.32. The van der Waals surface area contributed by atoms with Gasteiger partial charge in [-0.3, -0.25) is 9.32 Å². The van der Waals surface area contributed by atoms with E-state index in [1.54, 1.807) is 42.0 Å². The number of carbonyl (C=O) groups is 1. The summed E-state index contributed by atoms with van der Waals surface area (Å²) in [6.45, 7) is 1.23. The zero-order chi connectivity index (χ0) is 27.5. The van der Waals surface area contributed by atoms with E-state index in [0.717, 1.165) is 0 Å². The third-order valence-electron chi connectivity index (χ3n) is 5.97. The van der Waals surface area contributed by atoms with Gasteiger partial charge in [-0.1, -0.05) is 25.1 Å². The van der Waals surface area contributed by atoms with E-state index in [2.05, 4.69) is 23.9 Å². The van der Waals surface area contributed by atoms with Gasteiger partial charge in [0.05, 0.1) is 18.1 Å². The molecule has 2 aliphatic heterocycles. The highest BCUT2D eigenvalue weighted by atomic mass is 31.3. The predicted molar refractivity (Wildman–Crippen MR) is 128 cm³/mol. The maximum atomic E-state index is 12.7. The molecule has 0 aliphatic carbocycles. The van der Waals surface area contributed by atoms with Gasteiger partial charge in [-0.05, 0) is 24.0 Å². The highest BCUT2D eigenvalue weighted by Crippen LogP contribution is 2.66. The molecule has 16 nitrogen and oxygen atoms in total. The minimum Gasteiger partial charge on any atom is -0.352 e. The average molecular weight is 590 g/mol. The average Bonchev–Trinajstić information content (AvgIpc) is 3.33. The fraction of sp³-hybridized carbons (Fsp3) is 0.316. The van der Waals surface area contributed by atoms with Gasteiger partial charge in [0.1, 0.15) is 24.0 Å². The van der Waals surface area contributed by atoms with Crippen LogP contribution in [0, 0.1) is 5.92 Å². The Morgan fingerprint density at radius 1 is 1.05 bits per heavy atom. The molecule has 0 spiro atoms. The van der Waals surface area contributed by atoms with Gasteiger partial charge in [0.2, 0.25) is 0 Å². The maximum Gasteiger partial charge on any atom is 0.490 e. The number of amides is 1. The number of fused-ring (bicyclic) bond motifs is 2. The second-order valence-corrected chi connectivity index (χ2v) is 13.0. The fourth-order valence-electron chi connectivity index (χ4n) is 4.41. The van der Waals surface area contributed by atoms with Crippen LogP contribution < -0.4 is 5.32 Å². The lowest BCUT2D eigenvalue weighted by atomic mass is 10.0. The van der Waals surface area contributed by atoms with Crippen LogP contribution >= 0.6 is 23.5 Å². The lowest BCUT2D eigenvalue weighted by molar-refractivity contribution is -0.0270.